The Morgan fingerprint density at radius 2 is 1.78 bits per heavy atom. The summed E-state index contributed by atoms with van der Waals surface area (Å²) in [5.41, 5.74) is 1.20. The van der Waals surface area contributed by atoms with Gasteiger partial charge in [-0.2, -0.15) is 0 Å². The summed E-state index contributed by atoms with van der Waals surface area (Å²) in [6.07, 6.45) is 0. The Kier molecular flexibility index (Phi) is 5.41. The van der Waals surface area contributed by atoms with Gasteiger partial charge in [-0.1, -0.05) is 12.1 Å². The number of nitrogens with zero attached hydrogens (tertiary/aromatic N) is 1. The lowest BCUT2D eigenvalue weighted by molar-refractivity contribution is 0.0934. The van der Waals surface area contributed by atoms with Crippen LogP contribution in [0.2, 0.25) is 0 Å². The van der Waals surface area contributed by atoms with Gasteiger partial charge < -0.3 is 19.5 Å². The monoisotopic (exact) mass is 316 g/mol. The van der Waals surface area contributed by atoms with Crippen molar-refractivity contribution in [2.24, 2.45) is 0 Å². The Morgan fingerprint density at radius 3 is 2.43 bits per heavy atom. The molecule has 0 aliphatic heterocycles. The van der Waals surface area contributed by atoms with Gasteiger partial charge in [-0.15, -0.1) is 0 Å². The lowest BCUT2D eigenvalue weighted by Gasteiger charge is -2.16. The van der Waals surface area contributed by atoms with Gasteiger partial charge in [-0.3, -0.25) is 4.79 Å². The number of hydrogen-bond acceptors (Lipinski definition) is 5. The first-order valence-electron chi connectivity index (χ1n) is 7.13. The standard InChI is InChI=1S/C17H20N2O4/c1-11(12-8-9-14(21-2)15(10-12)22-3)18-17(20)13-6-5-7-16(19-13)23-4/h5-11H,1-4H3,(H,18,20). The maximum absolute atomic E-state index is 12.3. The van der Waals surface area contributed by atoms with Gasteiger partial charge in [0.05, 0.1) is 27.4 Å². The Balaban J connectivity index is 2.14. The average Bonchev–Trinajstić information content (AvgIpc) is 2.60. The highest BCUT2D eigenvalue weighted by Gasteiger charge is 2.15. The zero-order valence-corrected chi connectivity index (χ0v) is 13.6. The van der Waals surface area contributed by atoms with E-state index in [2.05, 4.69) is 10.3 Å². The summed E-state index contributed by atoms with van der Waals surface area (Å²) in [5.74, 6) is 1.39. The van der Waals surface area contributed by atoms with Crippen LogP contribution >= 0.6 is 0 Å². The Labute approximate surface area is 135 Å². The number of methoxy groups -OCH3 is 3. The third-order valence-corrected chi connectivity index (χ3v) is 3.42. The number of benzene rings is 1. The lowest BCUT2D eigenvalue weighted by Crippen LogP contribution is -2.27. The minimum Gasteiger partial charge on any atom is -0.493 e. The zero-order valence-electron chi connectivity index (χ0n) is 13.6. The molecule has 2 aromatic rings. The number of pyridine rings is 1. The van der Waals surface area contributed by atoms with Crippen molar-refractivity contribution in [3.05, 3.63) is 47.7 Å². The molecule has 0 aliphatic carbocycles. The van der Waals surface area contributed by atoms with Crippen LogP contribution in [-0.2, 0) is 0 Å². The first-order valence-corrected chi connectivity index (χ1v) is 7.13. The molecule has 0 saturated carbocycles. The molecule has 0 bridgehead atoms. The molecule has 1 amide bonds. The van der Waals surface area contributed by atoms with Crippen molar-refractivity contribution < 1.29 is 19.0 Å². The van der Waals surface area contributed by atoms with Crippen LogP contribution in [-0.4, -0.2) is 32.2 Å². The van der Waals surface area contributed by atoms with Crippen LogP contribution < -0.4 is 19.5 Å². The summed E-state index contributed by atoms with van der Waals surface area (Å²) < 4.78 is 15.5. The largest absolute Gasteiger partial charge is 0.493 e. The van der Waals surface area contributed by atoms with Crippen molar-refractivity contribution in [3.8, 4) is 17.4 Å². The normalized spacial score (nSPS) is 11.5. The summed E-state index contributed by atoms with van der Waals surface area (Å²) in [5, 5.41) is 2.90. The molecule has 0 aliphatic rings. The number of amides is 1. The maximum Gasteiger partial charge on any atom is 0.270 e. The fourth-order valence-corrected chi connectivity index (χ4v) is 2.13. The van der Waals surface area contributed by atoms with Crippen molar-refractivity contribution >= 4 is 5.91 Å². The highest BCUT2D eigenvalue weighted by atomic mass is 16.5. The van der Waals surface area contributed by atoms with Gasteiger partial charge in [0, 0.05) is 6.07 Å². The molecule has 0 radical (unpaired) electrons. The molecule has 6 nitrogen and oxygen atoms in total. The molecule has 0 fully saturated rings. The van der Waals surface area contributed by atoms with Gasteiger partial charge in [0.15, 0.2) is 11.5 Å². The molecule has 1 aromatic carbocycles. The van der Waals surface area contributed by atoms with Crippen molar-refractivity contribution in [1.82, 2.24) is 10.3 Å². The maximum atomic E-state index is 12.3. The summed E-state index contributed by atoms with van der Waals surface area (Å²) in [4.78, 5) is 16.4. The van der Waals surface area contributed by atoms with E-state index in [0.717, 1.165) is 5.56 Å². The molecule has 2 rings (SSSR count). The summed E-state index contributed by atoms with van der Waals surface area (Å²) in [6, 6.07) is 10.4. The van der Waals surface area contributed by atoms with E-state index in [1.807, 2.05) is 19.1 Å². The number of nitrogens with one attached hydrogen (secondary N) is 1. The molecule has 1 unspecified atom stereocenters. The van der Waals surface area contributed by atoms with Crippen LogP contribution in [0.25, 0.3) is 0 Å². The highest BCUT2D eigenvalue weighted by molar-refractivity contribution is 5.92. The van der Waals surface area contributed by atoms with Crippen molar-refractivity contribution in [1.29, 1.82) is 0 Å². The summed E-state index contributed by atoms with van der Waals surface area (Å²) in [6.45, 7) is 1.89. The lowest BCUT2D eigenvalue weighted by atomic mass is 10.1. The van der Waals surface area contributed by atoms with Crippen LogP contribution in [0, 0.1) is 0 Å². The number of ether oxygens (including phenoxy) is 3. The molecule has 1 aromatic heterocycles. The van der Waals surface area contributed by atoms with E-state index >= 15 is 0 Å². The quantitative estimate of drug-likeness (QED) is 0.887. The average molecular weight is 316 g/mol. The molecule has 1 N–H and O–H groups in total. The van der Waals surface area contributed by atoms with E-state index in [1.165, 1.54) is 7.11 Å². The summed E-state index contributed by atoms with van der Waals surface area (Å²) in [7, 11) is 4.67. The minimum absolute atomic E-state index is 0.213. The molecule has 1 atom stereocenters. The molecule has 0 spiro atoms. The second-order valence-corrected chi connectivity index (χ2v) is 4.87. The van der Waals surface area contributed by atoms with E-state index in [1.54, 1.807) is 38.5 Å². The smallest absolute Gasteiger partial charge is 0.270 e. The van der Waals surface area contributed by atoms with Crippen LogP contribution in [0.1, 0.15) is 29.0 Å². The Morgan fingerprint density at radius 1 is 1.04 bits per heavy atom. The van der Waals surface area contributed by atoms with Gasteiger partial charge in [-0.25, -0.2) is 4.98 Å². The van der Waals surface area contributed by atoms with Gasteiger partial charge in [-0.05, 0) is 30.7 Å². The second kappa shape index (κ2) is 7.49. The van der Waals surface area contributed by atoms with E-state index in [9.17, 15) is 4.79 Å². The van der Waals surface area contributed by atoms with Crippen LogP contribution in [0.5, 0.6) is 17.4 Å². The number of hydrogen-bond donors (Lipinski definition) is 1. The van der Waals surface area contributed by atoms with E-state index < -0.39 is 0 Å². The summed E-state index contributed by atoms with van der Waals surface area (Å²) >= 11 is 0. The number of aromatic nitrogens is 1. The molecular formula is C17H20N2O4. The van der Waals surface area contributed by atoms with E-state index in [0.29, 0.717) is 23.1 Å². The van der Waals surface area contributed by atoms with Crippen molar-refractivity contribution in [2.75, 3.05) is 21.3 Å². The van der Waals surface area contributed by atoms with E-state index in [-0.39, 0.29) is 11.9 Å². The number of rotatable bonds is 6. The molecule has 1 heterocycles. The first kappa shape index (κ1) is 16.6. The van der Waals surface area contributed by atoms with Gasteiger partial charge in [0.1, 0.15) is 5.69 Å². The van der Waals surface area contributed by atoms with Crippen LogP contribution in [0.3, 0.4) is 0 Å². The Hall–Kier alpha value is -2.76. The minimum atomic E-state index is -0.272. The fraction of sp³-hybridized carbons (Fsp3) is 0.294. The molecule has 6 heteroatoms. The zero-order chi connectivity index (χ0) is 16.8. The van der Waals surface area contributed by atoms with Crippen LogP contribution in [0.15, 0.2) is 36.4 Å². The van der Waals surface area contributed by atoms with Crippen LogP contribution in [0.4, 0.5) is 0 Å². The topological polar surface area (TPSA) is 69.7 Å². The third-order valence-electron chi connectivity index (χ3n) is 3.42. The fourth-order valence-electron chi connectivity index (χ4n) is 2.13. The Bertz CT molecular complexity index is 688. The number of carbonyl (C=O) groups excluding carboxylic acids is 1. The highest BCUT2D eigenvalue weighted by Crippen LogP contribution is 2.29. The van der Waals surface area contributed by atoms with E-state index in [4.69, 9.17) is 14.2 Å². The molecule has 23 heavy (non-hydrogen) atoms. The second-order valence-electron chi connectivity index (χ2n) is 4.87. The van der Waals surface area contributed by atoms with Gasteiger partial charge >= 0.3 is 0 Å². The SMILES string of the molecule is COc1cccc(C(=O)NC(C)c2ccc(OC)c(OC)c2)n1. The third kappa shape index (κ3) is 3.91. The molecule has 122 valence electrons. The molecule has 0 saturated heterocycles. The number of carbonyl (C=O) groups is 1. The predicted molar refractivity (Wildman–Crippen MR) is 86.2 cm³/mol. The first-order chi connectivity index (χ1) is 11.1. The predicted octanol–water partition coefficient (Wildman–Crippen LogP) is 2.60. The van der Waals surface area contributed by atoms with Crippen molar-refractivity contribution in [3.63, 3.8) is 0 Å². The van der Waals surface area contributed by atoms with Gasteiger partial charge in [0.2, 0.25) is 5.88 Å². The molecular weight excluding hydrogens is 296 g/mol. The van der Waals surface area contributed by atoms with Crippen molar-refractivity contribution in [2.45, 2.75) is 13.0 Å². The van der Waals surface area contributed by atoms with Gasteiger partial charge in [0.25, 0.3) is 5.91 Å².